The van der Waals surface area contributed by atoms with Gasteiger partial charge in [0.25, 0.3) is 5.56 Å². The molecular formula is C18H21N3O2. The molecule has 23 heavy (non-hydrogen) atoms. The molecule has 0 saturated heterocycles. The Bertz CT molecular complexity index is 786. The van der Waals surface area contributed by atoms with E-state index in [0.29, 0.717) is 30.3 Å². The molecule has 1 amide bonds. The second-order valence-electron chi connectivity index (χ2n) is 6.69. The molecule has 1 aromatic carbocycles. The third-order valence-corrected chi connectivity index (χ3v) is 5.34. The van der Waals surface area contributed by atoms with E-state index in [2.05, 4.69) is 10.4 Å². The molecule has 0 radical (unpaired) electrons. The Labute approximate surface area is 134 Å². The van der Waals surface area contributed by atoms with Crippen molar-refractivity contribution in [3.8, 4) is 0 Å². The van der Waals surface area contributed by atoms with Crippen LogP contribution in [0.25, 0.3) is 10.8 Å². The molecule has 4 rings (SSSR count). The largest absolute Gasteiger partial charge is 0.354 e. The van der Waals surface area contributed by atoms with Crippen LogP contribution in [0.4, 0.5) is 0 Å². The van der Waals surface area contributed by atoms with Gasteiger partial charge in [-0.25, -0.2) is 4.68 Å². The highest BCUT2D eigenvalue weighted by Gasteiger charge is 2.54. The summed E-state index contributed by atoms with van der Waals surface area (Å²) in [7, 11) is 0. The van der Waals surface area contributed by atoms with E-state index in [4.69, 9.17) is 0 Å². The second kappa shape index (κ2) is 5.80. The van der Waals surface area contributed by atoms with Crippen molar-refractivity contribution < 1.29 is 4.79 Å². The van der Waals surface area contributed by atoms with E-state index in [1.165, 1.54) is 30.4 Å². The maximum atomic E-state index is 12.3. The molecule has 1 heterocycles. The van der Waals surface area contributed by atoms with Crippen LogP contribution in [0.1, 0.15) is 25.7 Å². The lowest BCUT2D eigenvalue weighted by Gasteiger charge is -2.07. The molecule has 5 heteroatoms. The first-order valence-corrected chi connectivity index (χ1v) is 8.48. The summed E-state index contributed by atoms with van der Waals surface area (Å²) in [5, 5.41) is 8.69. The Balaban J connectivity index is 1.37. The van der Waals surface area contributed by atoms with Gasteiger partial charge in [-0.3, -0.25) is 9.59 Å². The second-order valence-corrected chi connectivity index (χ2v) is 6.69. The Morgan fingerprint density at radius 1 is 1.22 bits per heavy atom. The normalized spacial score (nSPS) is 25.8. The van der Waals surface area contributed by atoms with Crippen molar-refractivity contribution in [1.29, 1.82) is 0 Å². The van der Waals surface area contributed by atoms with Gasteiger partial charge in [-0.2, -0.15) is 5.10 Å². The predicted molar refractivity (Wildman–Crippen MR) is 88.0 cm³/mol. The van der Waals surface area contributed by atoms with Gasteiger partial charge in [0.15, 0.2) is 0 Å². The van der Waals surface area contributed by atoms with E-state index in [-0.39, 0.29) is 17.4 Å². The molecule has 5 nitrogen and oxygen atoms in total. The maximum Gasteiger partial charge on any atom is 0.274 e. The summed E-state index contributed by atoms with van der Waals surface area (Å²) in [6.07, 6.45) is 6.64. The SMILES string of the molecule is O=C(NCCn1ncc2ccccc2c1=O)C1[C@H]2CCCC[C@@H]12. The first kappa shape index (κ1) is 14.4. The molecule has 1 aromatic heterocycles. The van der Waals surface area contributed by atoms with Crippen LogP contribution in [0.3, 0.4) is 0 Å². The van der Waals surface area contributed by atoms with Crippen molar-refractivity contribution in [3.63, 3.8) is 0 Å². The van der Waals surface area contributed by atoms with Gasteiger partial charge in [0, 0.05) is 17.8 Å². The zero-order valence-corrected chi connectivity index (χ0v) is 13.1. The van der Waals surface area contributed by atoms with Crippen LogP contribution in [0.5, 0.6) is 0 Å². The number of nitrogens with one attached hydrogen (secondary N) is 1. The van der Waals surface area contributed by atoms with Crippen LogP contribution in [0.2, 0.25) is 0 Å². The monoisotopic (exact) mass is 311 g/mol. The van der Waals surface area contributed by atoms with Gasteiger partial charge in [0.2, 0.25) is 5.91 Å². The van der Waals surface area contributed by atoms with Gasteiger partial charge < -0.3 is 5.32 Å². The molecule has 2 aliphatic rings. The third-order valence-electron chi connectivity index (χ3n) is 5.34. The Morgan fingerprint density at radius 2 is 1.96 bits per heavy atom. The number of hydrogen-bond donors (Lipinski definition) is 1. The Morgan fingerprint density at radius 3 is 2.74 bits per heavy atom. The molecule has 3 atom stereocenters. The summed E-state index contributed by atoms with van der Waals surface area (Å²) >= 11 is 0. The minimum Gasteiger partial charge on any atom is -0.354 e. The summed E-state index contributed by atoms with van der Waals surface area (Å²) in [5.41, 5.74) is -0.0996. The number of carbonyl (C=O) groups is 1. The lowest BCUT2D eigenvalue weighted by atomic mass is 10.0. The molecule has 2 aromatic rings. The highest BCUT2D eigenvalue weighted by atomic mass is 16.2. The zero-order valence-electron chi connectivity index (χ0n) is 13.1. The highest BCUT2D eigenvalue weighted by Crippen LogP contribution is 2.55. The molecule has 0 aliphatic heterocycles. The summed E-state index contributed by atoms with van der Waals surface area (Å²) in [6, 6.07) is 7.43. The fourth-order valence-electron chi connectivity index (χ4n) is 4.07. The van der Waals surface area contributed by atoms with Gasteiger partial charge >= 0.3 is 0 Å². The minimum absolute atomic E-state index is 0.0996. The Hall–Kier alpha value is -2.17. The molecule has 1 unspecified atom stereocenters. The molecule has 0 spiro atoms. The first-order valence-electron chi connectivity index (χ1n) is 8.48. The molecule has 2 saturated carbocycles. The van der Waals surface area contributed by atoms with Crippen molar-refractivity contribution in [2.45, 2.75) is 32.2 Å². The molecule has 2 aliphatic carbocycles. The summed E-state index contributed by atoms with van der Waals surface area (Å²) < 4.78 is 1.43. The van der Waals surface area contributed by atoms with Crippen molar-refractivity contribution in [3.05, 3.63) is 40.8 Å². The van der Waals surface area contributed by atoms with Gasteiger partial charge in [-0.1, -0.05) is 31.0 Å². The lowest BCUT2D eigenvalue weighted by Crippen LogP contribution is -2.33. The van der Waals surface area contributed by atoms with Gasteiger partial charge in [0.05, 0.1) is 18.1 Å². The number of hydrogen-bond acceptors (Lipinski definition) is 3. The van der Waals surface area contributed by atoms with E-state index in [1.54, 1.807) is 6.20 Å². The van der Waals surface area contributed by atoms with Gasteiger partial charge in [-0.15, -0.1) is 0 Å². The number of fused-ring (bicyclic) bond motifs is 2. The topological polar surface area (TPSA) is 64.0 Å². The van der Waals surface area contributed by atoms with E-state index >= 15 is 0 Å². The van der Waals surface area contributed by atoms with E-state index in [0.717, 1.165) is 5.39 Å². The number of amides is 1. The average Bonchev–Trinajstić information content (AvgIpc) is 3.31. The third kappa shape index (κ3) is 2.64. The van der Waals surface area contributed by atoms with Gasteiger partial charge in [0.1, 0.15) is 0 Å². The Kier molecular flexibility index (Phi) is 3.63. The van der Waals surface area contributed by atoms with Crippen molar-refractivity contribution in [2.75, 3.05) is 6.54 Å². The number of carbonyl (C=O) groups excluding carboxylic acids is 1. The van der Waals surface area contributed by atoms with Crippen LogP contribution in [-0.2, 0) is 11.3 Å². The lowest BCUT2D eigenvalue weighted by molar-refractivity contribution is -0.122. The maximum absolute atomic E-state index is 12.3. The summed E-state index contributed by atoms with van der Waals surface area (Å²) in [5.74, 6) is 1.62. The molecule has 1 N–H and O–H groups in total. The van der Waals surface area contributed by atoms with Crippen LogP contribution in [-0.4, -0.2) is 22.2 Å². The average molecular weight is 311 g/mol. The number of rotatable bonds is 4. The van der Waals surface area contributed by atoms with E-state index in [1.807, 2.05) is 24.3 Å². The van der Waals surface area contributed by atoms with Gasteiger partial charge in [-0.05, 0) is 30.7 Å². The molecule has 2 fully saturated rings. The van der Waals surface area contributed by atoms with Crippen molar-refractivity contribution >= 4 is 16.7 Å². The number of aromatic nitrogens is 2. The van der Waals surface area contributed by atoms with E-state index in [9.17, 15) is 9.59 Å². The van der Waals surface area contributed by atoms with E-state index < -0.39 is 0 Å². The van der Waals surface area contributed by atoms with Crippen LogP contribution in [0, 0.1) is 17.8 Å². The smallest absolute Gasteiger partial charge is 0.274 e. The summed E-state index contributed by atoms with van der Waals surface area (Å²) in [4.78, 5) is 24.6. The quantitative estimate of drug-likeness (QED) is 0.938. The van der Waals surface area contributed by atoms with Crippen LogP contribution >= 0.6 is 0 Å². The minimum atomic E-state index is -0.0996. The molecule has 120 valence electrons. The summed E-state index contributed by atoms with van der Waals surface area (Å²) in [6.45, 7) is 0.873. The standard InChI is InChI=1S/C18H21N3O2/c22-17(16-14-7-3-4-8-15(14)16)19-9-10-21-18(23)13-6-2-1-5-12(13)11-20-21/h1-2,5-6,11,14-16H,3-4,7-10H2,(H,19,22)/t14-,15+,16?. The fraction of sp³-hybridized carbons (Fsp3) is 0.500. The first-order chi connectivity index (χ1) is 11.3. The predicted octanol–water partition coefficient (Wildman–Crippen LogP) is 1.95. The van der Waals surface area contributed by atoms with Crippen molar-refractivity contribution in [1.82, 2.24) is 15.1 Å². The molecular weight excluding hydrogens is 290 g/mol. The fourth-order valence-corrected chi connectivity index (χ4v) is 4.07. The number of benzene rings is 1. The highest BCUT2D eigenvalue weighted by molar-refractivity contribution is 5.82. The molecule has 0 bridgehead atoms. The van der Waals surface area contributed by atoms with Crippen LogP contribution in [0.15, 0.2) is 35.3 Å². The van der Waals surface area contributed by atoms with Crippen molar-refractivity contribution in [2.24, 2.45) is 17.8 Å². The number of nitrogens with zero attached hydrogens (tertiary/aromatic N) is 2. The zero-order chi connectivity index (χ0) is 15.8. The van der Waals surface area contributed by atoms with Crippen LogP contribution < -0.4 is 10.9 Å².